The largest absolute Gasteiger partial charge is 0.380 e. The summed E-state index contributed by atoms with van der Waals surface area (Å²) in [6.45, 7) is 1.13. The first-order valence-corrected chi connectivity index (χ1v) is 7.78. The molecule has 1 aromatic heterocycles. The van der Waals surface area contributed by atoms with E-state index in [1.165, 1.54) is 0 Å². The van der Waals surface area contributed by atoms with Gasteiger partial charge in [0, 0.05) is 24.6 Å². The van der Waals surface area contributed by atoms with Crippen molar-refractivity contribution in [3.8, 4) is 0 Å². The second kappa shape index (κ2) is 7.02. The Morgan fingerprint density at radius 2 is 2.15 bits per heavy atom. The summed E-state index contributed by atoms with van der Waals surface area (Å²) in [6.07, 6.45) is 0. The number of rotatable bonds is 5. The van der Waals surface area contributed by atoms with Crippen molar-refractivity contribution >= 4 is 33.2 Å². The molecule has 20 heavy (non-hydrogen) atoms. The highest BCUT2D eigenvalue weighted by molar-refractivity contribution is 9.11. The second-order valence-electron chi connectivity index (χ2n) is 4.50. The van der Waals surface area contributed by atoms with Crippen LogP contribution in [0.15, 0.2) is 40.2 Å². The molecule has 2 aromatic rings. The van der Waals surface area contributed by atoms with Crippen molar-refractivity contribution in [3.05, 3.63) is 56.2 Å². The summed E-state index contributed by atoms with van der Waals surface area (Å²) in [6, 6.07) is 11.6. The van der Waals surface area contributed by atoms with E-state index in [9.17, 15) is 4.79 Å². The first-order chi connectivity index (χ1) is 9.60. The van der Waals surface area contributed by atoms with Gasteiger partial charge in [-0.3, -0.25) is 4.79 Å². The Morgan fingerprint density at radius 3 is 2.80 bits per heavy atom. The Morgan fingerprint density at radius 1 is 1.35 bits per heavy atom. The SMILES string of the molecule is COCc1cccc(C(=O)N(C)Cc2ccc(Br)s2)c1. The lowest BCUT2D eigenvalue weighted by atomic mass is 10.1. The number of benzene rings is 1. The number of carbonyl (C=O) groups is 1. The van der Waals surface area contributed by atoms with E-state index in [2.05, 4.69) is 15.9 Å². The Kier molecular flexibility index (Phi) is 5.34. The molecule has 0 unspecified atom stereocenters. The van der Waals surface area contributed by atoms with Gasteiger partial charge in [0.2, 0.25) is 0 Å². The first-order valence-electron chi connectivity index (χ1n) is 6.17. The van der Waals surface area contributed by atoms with Gasteiger partial charge in [-0.1, -0.05) is 12.1 Å². The van der Waals surface area contributed by atoms with Crippen molar-refractivity contribution in [2.75, 3.05) is 14.2 Å². The average molecular weight is 354 g/mol. The molecule has 0 N–H and O–H groups in total. The van der Waals surface area contributed by atoms with Crippen LogP contribution >= 0.6 is 27.3 Å². The topological polar surface area (TPSA) is 29.5 Å². The van der Waals surface area contributed by atoms with Gasteiger partial charge in [0.1, 0.15) is 0 Å². The van der Waals surface area contributed by atoms with E-state index in [1.807, 2.05) is 43.4 Å². The molecule has 0 aliphatic carbocycles. The van der Waals surface area contributed by atoms with Gasteiger partial charge in [0.15, 0.2) is 0 Å². The number of amides is 1. The van der Waals surface area contributed by atoms with Crippen LogP contribution in [0.4, 0.5) is 0 Å². The molecule has 5 heteroatoms. The average Bonchev–Trinajstić information content (AvgIpc) is 2.84. The molecule has 0 aliphatic rings. The molecule has 0 aliphatic heterocycles. The third kappa shape index (κ3) is 3.91. The molecule has 0 atom stereocenters. The summed E-state index contributed by atoms with van der Waals surface area (Å²) in [5, 5.41) is 0. The monoisotopic (exact) mass is 353 g/mol. The van der Waals surface area contributed by atoms with Gasteiger partial charge in [-0.05, 0) is 45.8 Å². The van der Waals surface area contributed by atoms with Gasteiger partial charge >= 0.3 is 0 Å². The maximum absolute atomic E-state index is 12.4. The van der Waals surface area contributed by atoms with Crippen molar-refractivity contribution in [2.45, 2.75) is 13.2 Å². The number of carbonyl (C=O) groups excluding carboxylic acids is 1. The van der Waals surface area contributed by atoms with Gasteiger partial charge in [-0.25, -0.2) is 0 Å². The molecule has 0 saturated heterocycles. The molecule has 3 nitrogen and oxygen atoms in total. The smallest absolute Gasteiger partial charge is 0.253 e. The van der Waals surface area contributed by atoms with Crippen LogP contribution in [0.5, 0.6) is 0 Å². The molecule has 0 spiro atoms. The van der Waals surface area contributed by atoms with E-state index in [0.717, 1.165) is 14.2 Å². The molecule has 106 valence electrons. The van der Waals surface area contributed by atoms with Crippen LogP contribution < -0.4 is 0 Å². The Labute approximate surface area is 131 Å². The molecule has 1 amide bonds. The number of thiophene rings is 1. The Bertz CT molecular complexity index is 597. The van der Waals surface area contributed by atoms with Crippen molar-refractivity contribution in [1.82, 2.24) is 4.90 Å². The molecule has 1 aromatic carbocycles. The van der Waals surface area contributed by atoms with E-state index in [0.29, 0.717) is 18.7 Å². The number of hydrogen-bond acceptors (Lipinski definition) is 3. The minimum Gasteiger partial charge on any atom is -0.380 e. The zero-order chi connectivity index (χ0) is 14.5. The minimum atomic E-state index is 0.0208. The van der Waals surface area contributed by atoms with Crippen molar-refractivity contribution in [3.63, 3.8) is 0 Å². The van der Waals surface area contributed by atoms with Crippen molar-refractivity contribution in [1.29, 1.82) is 0 Å². The lowest BCUT2D eigenvalue weighted by molar-refractivity contribution is 0.0786. The lowest BCUT2D eigenvalue weighted by Crippen LogP contribution is -2.25. The molecule has 0 saturated carbocycles. The quantitative estimate of drug-likeness (QED) is 0.814. The molecular formula is C15H16BrNO2S. The van der Waals surface area contributed by atoms with Gasteiger partial charge in [0.05, 0.1) is 16.9 Å². The fourth-order valence-electron chi connectivity index (χ4n) is 1.92. The first kappa shape index (κ1) is 15.2. The summed E-state index contributed by atoms with van der Waals surface area (Å²) in [7, 11) is 3.47. The van der Waals surface area contributed by atoms with E-state index in [1.54, 1.807) is 23.3 Å². The van der Waals surface area contributed by atoms with Crippen LogP contribution in [-0.4, -0.2) is 25.0 Å². The third-order valence-electron chi connectivity index (χ3n) is 2.85. The van der Waals surface area contributed by atoms with Crippen LogP contribution in [-0.2, 0) is 17.9 Å². The van der Waals surface area contributed by atoms with Crippen LogP contribution in [0.25, 0.3) is 0 Å². The predicted octanol–water partition coefficient (Wildman–Crippen LogP) is 3.93. The van der Waals surface area contributed by atoms with E-state index in [-0.39, 0.29) is 5.91 Å². The summed E-state index contributed by atoms with van der Waals surface area (Å²) in [5.41, 5.74) is 1.70. The van der Waals surface area contributed by atoms with E-state index in [4.69, 9.17) is 4.74 Å². The second-order valence-corrected chi connectivity index (χ2v) is 7.05. The van der Waals surface area contributed by atoms with Gasteiger partial charge in [-0.2, -0.15) is 0 Å². The molecule has 0 bridgehead atoms. The number of nitrogens with zero attached hydrogens (tertiary/aromatic N) is 1. The normalized spacial score (nSPS) is 10.6. The number of ether oxygens (including phenoxy) is 1. The van der Waals surface area contributed by atoms with E-state index < -0.39 is 0 Å². The lowest BCUT2D eigenvalue weighted by Gasteiger charge is -2.16. The van der Waals surface area contributed by atoms with Crippen LogP contribution in [0.1, 0.15) is 20.8 Å². The highest BCUT2D eigenvalue weighted by atomic mass is 79.9. The minimum absolute atomic E-state index is 0.0208. The maximum Gasteiger partial charge on any atom is 0.253 e. The summed E-state index contributed by atoms with van der Waals surface area (Å²) in [5.74, 6) is 0.0208. The van der Waals surface area contributed by atoms with Crippen LogP contribution in [0.2, 0.25) is 0 Å². The predicted molar refractivity (Wildman–Crippen MR) is 85.0 cm³/mol. The maximum atomic E-state index is 12.4. The Balaban J connectivity index is 2.07. The summed E-state index contributed by atoms with van der Waals surface area (Å²) < 4.78 is 6.17. The van der Waals surface area contributed by atoms with Gasteiger partial charge < -0.3 is 9.64 Å². The molecule has 0 fully saturated rings. The zero-order valence-electron chi connectivity index (χ0n) is 11.4. The molecule has 0 radical (unpaired) electrons. The number of methoxy groups -OCH3 is 1. The third-order valence-corrected chi connectivity index (χ3v) is 4.46. The van der Waals surface area contributed by atoms with E-state index >= 15 is 0 Å². The fraction of sp³-hybridized carbons (Fsp3) is 0.267. The van der Waals surface area contributed by atoms with Crippen LogP contribution in [0, 0.1) is 0 Å². The number of halogens is 1. The van der Waals surface area contributed by atoms with Crippen molar-refractivity contribution < 1.29 is 9.53 Å². The fourth-order valence-corrected chi connectivity index (χ4v) is 3.46. The van der Waals surface area contributed by atoms with Gasteiger partial charge in [0.25, 0.3) is 5.91 Å². The van der Waals surface area contributed by atoms with Crippen LogP contribution in [0.3, 0.4) is 0 Å². The highest BCUT2D eigenvalue weighted by Crippen LogP contribution is 2.23. The Hall–Kier alpha value is -1.17. The molecular weight excluding hydrogens is 338 g/mol. The van der Waals surface area contributed by atoms with Crippen molar-refractivity contribution in [2.24, 2.45) is 0 Å². The molecule has 1 heterocycles. The highest BCUT2D eigenvalue weighted by Gasteiger charge is 2.13. The zero-order valence-corrected chi connectivity index (χ0v) is 13.8. The summed E-state index contributed by atoms with van der Waals surface area (Å²) in [4.78, 5) is 15.3. The number of hydrogen-bond donors (Lipinski definition) is 0. The van der Waals surface area contributed by atoms with Gasteiger partial charge in [-0.15, -0.1) is 11.3 Å². The summed E-state index contributed by atoms with van der Waals surface area (Å²) >= 11 is 5.07. The standard InChI is InChI=1S/C15H16BrNO2S/c1-17(9-13-6-7-14(16)20-13)15(18)12-5-3-4-11(8-12)10-19-2/h3-8H,9-10H2,1-2H3. The molecule has 2 rings (SSSR count).